The molecule has 0 bridgehead atoms. The second kappa shape index (κ2) is 7.17. The molecule has 0 N–H and O–H groups in total. The molecule has 0 saturated carbocycles. The van der Waals surface area contributed by atoms with E-state index >= 15 is 0 Å². The fourth-order valence-electron chi connectivity index (χ4n) is 3.65. The predicted molar refractivity (Wildman–Crippen MR) is 92.9 cm³/mol. The monoisotopic (exact) mass is 359 g/mol. The molecule has 1 saturated heterocycles. The average molecular weight is 359 g/mol. The molecule has 6 nitrogen and oxygen atoms in total. The highest BCUT2D eigenvalue weighted by atomic mass is 19.1. The van der Waals surface area contributed by atoms with Crippen LogP contribution in [0.4, 0.5) is 4.39 Å². The van der Waals surface area contributed by atoms with Gasteiger partial charge in [0.25, 0.3) is 0 Å². The van der Waals surface area contributed by atoms with E-state index in [4.69, 9.17) is 9.26 Å². The van der Waals surface area contributed by atoms with Crippen molar-refractivity contribution in [3.63, 3.8) is 0 Å². The molecular formula is C19H22FN3O3. The number of rotatable bonds is 3. The zero-order chi connectivity index (χ0) is 18.1. The molecule has 0 aliphatic carbocycles. The Hall–Kier alpha value is -2.25. The molecule has 3 heterocycles. The van der Waals surface area contributed by atoms with E-state index in [1.54, 1.807) is 12.1 Å². The Labute approximate surface area is 151 Å². The zero-order valence-electron chi connectivity index (χ0n) is 14.8. The Bertz CT molecular complexity index is 801. The van der Waals surface area contributed by atoms with Crippen molar-refractivity contribution in [3.05, 3.63) is 41.4 Å². The van der Waals surface area contributed by atoms with Crippen molar-refractivity contribution in [2.45, 2.75) is 25.9 Å². The highest BCUT2D eigenvalue weighted by molar-refractivity contribution is 5.82. The van der Waals surface area contributed by atoms with Crippen LogP contribution in [-0.4, -0.2) is 59.8 Å². The highest BCUT2D eigenvalue weighted by Gasteiger charge is 2.32. The predicted octanol–water partition coefficient (Wildman–Crippen LogP) is 2.09. The summed E-state index contributed by atoms with van der Waals surface area (Å²) in [6.45, 7) is 5.87. The fraction of sp³-hybridized carbons (Fsp3) is 0.474. The number of benzene rings is 1. The van der Waals surface area contributed by atoms with Crippen LogP contribution in [0.5, 0.6) is 0 Å². The number of aromatic nitrogens is 1. The summed E-state index contributed by atoms with van der Waals surface area (Å²) in [5.41, 5.74) is 2.17. The van der Waals surface area contributed by atoms with Gasteiger partial charge in [-0.15, -0.1) is 0 Å². The molecule has 138 valence electrons. The van der Waals surface area contributed by atoms with Gasteiger partial charge in [-0.1, -0.05) is 17.3 Å². The zero-order valence-corrected chi connectivity index (χ0v) is 14.8. The van der Waals surface area contributed by atoms with Crippen LogP contribution in [0.3, 0.4) is 0 Å². The third kappa shape index (κ3) is 3.24. The van der Waals surface area contributed by atoms with Crippen LogP contribution in [0.2, 0.25) is 0 Å². The topological polar surface area (TPSA) is 58.8 Å². The quantitative estimate of drug-likeness (QED) is 0.840. The van der Waals surface area contributed by atoms with E-state index in [-0.39, 0.29) is 17.8 Å². The highest BCUT2D eigenvalue weighted by Crippen LogP contribution is 2.30. The van der Waals surface area contributed by atoms with Crippen molar-refractivity contribution in [1.29, 1.82) is 0 Å². The SMILES string of the molecule is C[C@@H](C(=O)N1CCc2onc(-c3cccc(F)c3)c2C1)N1CCOCC1. The van der Waals surface area contributed by atoms with E-state index in [0.29, 0.717) is 44.0 Å². The van der Waals surface area contributed by atoms with Crippen LogP contribution in [0.15, 0.2) is 28.8 Å². The van der Waals surface area contributed by atoms with Gasteiger partial charge in [0, 0.05) is 37.2 Å². The van der Waals surface area contributed by atoms with E-state index in [1.165, 1.54) is 12.1 Å². The van der Waals surface area contributed by atoms with Gasteiger partial charge in [-0.05, 0) is 19.1 Å². The lowest BCUT2D eigenvalue weighted by atomic mass is 10.0. The Kier molecular flexibility index (Phi) is 4.74. The molecule has 0 unspecified atom stereocenters. The van der Waals surface area contributed by atoms with Gasteiger partial charge in [0.15, 0.2) is 0 Å². The first kappa shape index (κ1) is 17.2. The third-order valence-electron chi connectivity index (χ3n) is 5.19. The molecule has 1 fully saturated rings. The van der Waals surface area contributed by atoms with Gasteiger partial charge < -0.3 is 14.2 Å². The van der Waals surface area contributed by atoms with Gasteiger partial charge in [0.1, 0.15) is 17.3 Å². The van der Waals surface area contributed by atoms with Crippen LogP contribution in [0, 0.1) is 5.82 Å². The second-order valence-corrected chi connectivity index (χ2v) is 6.78. The summed E-state index contributed by atoms with van der Waals surface area (Å²) < 4.78 is 24.4. The number of hydrogen-bond acceptors (Lipinski definition) is 5. The van der Waals surface area contributed by atoms with Crippen molar-refractivity contribution in [1.82, 2.24) is 15.0 Å². The van der Waals surface area contributed by atoms with E-state index in [9.17, 15) is 9.18 Å². The van der Waals surface area contributed by atoms with Crippen LogP contribution in [0.25, 0.3) is 11.3 Å². The molecule has 26 heavy (non-hydrogen) atoms. The third-order valence-corrected chi connectivity index (χ3v) is 5.19. The number of amides is 1. The molecular weight excluding hydrogens is 337 g/mol. The maximum Gasteiger partial charge on any atom is 0.239 e. The minimum atomic E-state index is -0.316. The lowest BCUT2D eigenvalue weighted by Gasteiger charge is -2.35. The number of ether oxygens (including phenoxy) is 1. The summed E-state index contributed by atoms with van der Waals surface area (Å²) >= 11 is 0. The van der Waals surface area contributed by atoms with Gasteiger partial charge in [0.05, 0.1) is 25.8 Å². The summed E-state index contributed by atoms with van der Waals surface area (Å²) in [7, 11) is 0. The number of carbonyl (C=O) groups excluding carboxylic acids is 1. The molecule has 1 amide bonds. The van der Waals surface area contributed by atoms with Crippen LogP contribution in [0.1, 0.15) is 18.2 Å². The number of nitrogens with zero attached hydrogens (tertiary/aromatic N) is 3. The standard InChI is InChI=1S/C19H22FN3O3/c1-13(22-7-9-25-10-8-22)19(24)23-6-5-17-16(12-23)18(21-26-17)14-3-2-4-15(20)11-14/h2-4,11,13H,5-10,12H2,1H3/t13-/m0/s1. The van der Waals surface area contributed by atoms with Gasteiger partial charge >= 0.3 is 0 Å². The van der Waals surface area contributed by atoms with Crippen molar-refractivity contribution >= 4 is 5.91 Å². The van der Waals surface area contributed by atoms with Crippen molar-refractivity contribution in [2.75, 3.05) is 32.8 Å². The molecule has 4 rings (SSSR count). The van der Waals surface area contributed by atoms with Gasteiger partial charge in [-0.25, -0.2) is 4.39 Å². The minimum absolute atomic E-state index is 0.101. The molecule has 1 atom stereocenters. The largest absolute Gasteiger partial charge is 0.379 e. The maximum absolute atomic E-state index is 13.6. The number of halogens is 1. The number of morpholine rings is 1. The molecule has 2 aliphatic heterocycles. The van der Waals surface area contributed by atoms with Crippen molar-refractivity contribution in [3.8, 4) is 11.3 Å². The first-order valence-corrected chi connectivity index (χ1v) is 8.97. The number of hydrogen-bond donors (Lipinski definition) is 0. The van der Waals surface area contributed by atoms with Gasteiger partial charge in [-0.3, -0.25) is 9.69 Å². The molecule has 2 aromatic rings. The Morgan fingerprint density at radius 2 is 2.08 bits per heavy atom. The Morgan fingerprint density at radius 1 is 1.27 bits per heavy atom. The van der Waals surface area contributed by atoms with Gasteiger partial charge in [-0.2, -0.15) is 0 Å². The smallest absolute Gasteiger partial charge is 0.239 e. The van der Waals surface area contributed by atoms with E-state index in [1.807, 2.05) is 11.8 Å². The van der Waals surface area contributed by atoms with Gasteiger partial charge in [0.2, 0.25) is 5.91 Å². The van der Waals surface area contributed by atoms with E-state index in [0.717, 1.165) is 24.4 Å². The van der Waals surface area contributed by atoms with Crippen LogP contribution >= 0.6 is 0 Å². The lowest BCUT2D eigenvalue weighted by molar-refractivity contribution is -0.139. The average Bonchev–Trinajstić information content (AvgIpc) is 3.10. The Balaban J connectivity index is 1.53. The summed E-state index contributed by atoms with van der Waals surface area (Å²) in [6.07, 6.45) is 0.624. The molecule has 1 aromatic carbocycles. The first-order chi connectivity index (χ1) is 12.6. The second-order valence-electron chi connectivity index (χ2n) is 6.78. The fourth-order valence-corrected chi connectivity index (χ4v) is 3.65. The Morgan fingerprint density at radius 3 is 2.85 bits per heavy atom. The van der Waals surface area contributed by atoms with Crippen molar-refractivity contribution < 1.29 is 18.4 Å². The first-order valence-electron chi connectivity index (χ1n) is 8.97. The summed E-state index contributed by atoms with van der Waals surface area (Å²) in [5.74, 6) is 0.570. The van der Waals surface area contributed by atoms with Crippen LogP contribution in [-0.2, 0) is 22.5 Å². The van der Waals surface area contributed by atoms with Crippen LogP contribution < -0.4 is 0 Å². The van der Waals surface area contributed by atoms with E-state index in [2.05, 4.69) is 10.1 Å². The molecule has 0 spiro atoms. The molecule has 2 aliphatic rings. The molecule has 1 aromatic heterocycles. The number of fused-ring (bicyclic) bond motifs is 1. The van der Waals surface area contributed by atoms with Crippen molar-refractivity contribution in [2.24, 2.45) is 0 Å². The molecule has 0 radical (unpaired) electrons. The molecule has 7 heteroatoms. The maximum atomic E-state index is 13.6. The summed E-state index contributed by atoms with van der Waals surface area (Å²) in [4.78, 5) is 17.0. The minimum Gasteiger partial charge on any atom is -0.379 e. The number of carbonyl (C=O) groups is 1. The summed E-state index contributed by atoms with van der Waals surface area (Å²) in [6, 6.07) is 6.11. The van der Waals surface area contributed by atoms with E-state index < -0.39 is 0 Å². The summed E-state index contributed by atoms with van der Waals surface area (Å²) in [5, 5.41) is 4.13. The lowest BCUT2D eigenvalue weighted by Crippen LogP contribution is -2.51. The normalized spacial score (nSPS) is 19.2.